The lowest BCUT2D eigenvalue weighted by Gasteiger charge is -2.02. The molecule has 72 valence electrons. The number of aryl methyl sites for hydroxylation is 2. The van der Waals surface area contributed by atoms with Gasteiger partial charge in [0.05, 0.1) is 5.56 Å². The minimum Gasteiger partial charge on any atom is -0.365 e. The van der Waals surface area contributed by atoms with Crippen molar-refractivity contribution < 1.29 is 4.79 Å². The Morgan fingerprint density at radius 2 is 2.21 bits per heavy atom. The summed E-state index contributed by atoms with van der Waals surface area (Å²) in [7, 11) is 0. The van der Waals surface area contributed by atoms with Gasteiger partial charge in [0.2, 0.25) is 0 Å². The fraction of sp³-hybridized carbons (Fsp3) is 0.200. The Kier molecular flexibility index (Phi) is 1.77. The van der Waals surface area contributed by atoms with Crippen LogP contribution in [0.5, 0.6) is 0 Å². The number of hydrogen-bond donors (Lipinski definition) is 1. The van der Waals surface area contributed by atoms with Gasteiger partial charge in [-0.05, 0) is 26.0 Å². The lowest BCUT2D eigenvalue weighted by Crippen LogP contribution is -2.11. The zero-order valence-electron chi connectivity index (χ0n) is 8.11. The van der Waals surface area contributed by atoms with Gasteiger partial charge in [-0.2, -0.15) is 0 Å². The van der Waals surface area contributed by atoms with E-state index in [2.05, 4.69) is 4.98 Å². The van der Waals surface area contributed by atoms with Crippen molar-refractivity contribution in [3.05, 3.63) is 35.3 Å². The van der Waals surface area contributed by atoms with Crippen molar-refractivity contribution in [2.24, 2.45) is 5.73 Å². The molecule has 1 amide bonds. The van der Waals surface area contributed by atoms with Crippen molar-refractivity contribution in [3.8, 4) is 0 Å². The zero-order chi connectivity index (χ0) is 10.3. The number of primary amides is 1. The van der Waals surface area contributed by atoms with Crippen molar-refractivity contribution >= 4 is 11.6 Å². The molecule has 0 bridgehead atoms. The van der Waals surface area contributed by atoms with E-state index in [4.69, 9.17) is 5.73 Å². The molecule has 0 saturated carbocycles. The molecule has 0 spiro atoms. The predicted molar refractivity (Wildman–Crippen MR) is 53.2 cm³/mol. The molecular formula is C10H11N3O. The third-order valence-electron chi connectivity index (χ3n) is 2.20. The van der Waals surface area contributed by atoms with Crippen LogP contribution in [0, 0.1) is 13.8 Å². The number of aromatic nitrogens is 2. The van der Waals surface area contributed by atoms with E-state index in [1.807, 2.05) is 24.3 Å². The van der Waals surface area contributed by atoms with Gasteiger partial charge in [0, 0.05) is 17.6 Å². The fourth-order valence-corrected chi connectivity index (χ4v) is 1.59. The summed E-state index contributed by atoms with van der Waals surface area (Å²) in [4.78, 5) is 15.3. The molecule has 0 aromatic carbocycles. The Morgan fingerprint density at radius 3 is 2.86 bits per heavy atom. The van der Waals surface area contributed by atoms with E-state index in [0.717, 1.165) is 11.4 Å². The summed E-state index contributed by atoms with van der Waals surface area (Å²) in [6, 6.07) is 3.65. The molecule has 2 N–H and O–H groups in total. The Bertz CT molecular complexity index is 513. The van der Waals surface area contributed by atoms with E-state index in [0.29, 0.717) is 11.2 Å². The number of hydrogen-bond acceptors (Lipinski definition) is 2. The highest BCUT2D eigenvalue weighted by Gasteiger charge is 2.10. The summed E-state index contributed by atoms with van der Waals surface area (Å²) >= 11 is 0. The van der Waals surface area contributed by atoms with Gasteiger partial charge in [-0.3, -0.25) is 4.79 Å². The molecule has 4 heteroatoms. The first kappa shape index (κ1) is 8.74. The van der Waals surface area contributed by atoms with Gasteiger partial charge < -0.3 is 10.1 Å². The van der Waals surface area contributed by atoms with Crippen LogP contribution >= 0.6 is 0 Å². The van der Waals surface area contributed by atoms with E-state index < -0.39 is 5.91 Å². The van der Waals surface area contributed by atoms with Crippen molar-refractivity contribution in [1.29, 1.82) is 0 Å². The van der Waals surface area contributed by atoms with Crippen molar-refractivity contribution in [3.63, 3.8) is 0 Å². The number of carbonyl (C=O) groups excluding carboxylic acids is 1. The number of rotatable bonds is 1. The minimum atomic E-state index is -0.440. The highest BCUT2D eigenvalue weighted by Crippen LogP contribution is 2.13. The van der Waals surface area contributed by atoms with Gasteiger partial charge in [-0.25, -0.2) is 4.98 Å². The van der Waals surface area contributed by atoms with Gasteiger partial charge in [0.15, 0.2) is 0 Å². The number of fused-ring (bicyclic) bond motifs is 1. The first-order chi connectivity index (χ1) is 6.59. The number of amides is 1. The van der Waals surface area contributed by atoms with Crippen LogP contribution in [0.2, 0.25) is 0 Å². The Hall–Kier alpha value is -1.84. The summed E-state index contributed by atoms with van der Waals surface area (Å²) in [5.41, 5.74) is 8.26. The first-order valence-corrected chi connectivity index (χ1v) is 4.34. The van der Waals surface area contributed by atoms with Gasteiger partial charge in [0.1, 0.15) is 5.65 Å². The molecule has 0 unspecified atom stereocenters. The molecule has 0 fully saturated rings. The summed E-state index contributed by atoms with van der Waals surface area (Å²) in [5.74, 6) is -0.440. The lowest BCUT2D eigenvalue weighted by molar-refractivity contribution is 0.100. The molecule has 2 rings (SSSR count). The van der Waals surface area contributed by atoms with Crippen LogP contribution < -0.4 is 5.73 Å². The maximum absolute atomic E-state index is 11.1. The van der Waals surface area contributed by atoms with Crippen LogP contribution in [0.3, 0.4) is 0 Å². The number of nitrogens with zero attached hydrogens (tertiary/aromatic N) is 2. The normalized spacial score (nSPS) is 10.7. The largest absolute Gasteiger partial charge is 0.365 e. The van der Waals surface area contributed by atoms with Gasteiger partial charge in [0.25, 0.3) is 5.91 Å². The summed E-state index contributed by atoms with van der Waals surface area (Å²) in [5, 5.41) is 0. The first-order valence-electron chi connectivity index (χ1n) is 4.34. The molecule has 0 aliphatic rings. The van der Waals surface area contributed by atoms with Crippen LogP contribution in [0.4, 0.5) is 0 Å². The van der Waals surface area contributed by atoms with Gasteiger partial charge >= 0.3 is 0 Å². The third kappa shape index (κ3) is 1.16. The van der Waals surface area contributed by atoms with Crippen LogP contribution in [0.15, 0.2) is 18.3 Å². The second-order valence-corrected chi connectivity index (χ2v) is 3.33. The molecule has 0 aliphatic heterocycles. The molecule has 0 saturated heterocycles. The van der Waals surface area contributed by atoms with Crippen molar-refractivity contribution in [2.75, 3.05) is 0 Å². The molecule has 14 heavy (non-hydrogen) atoms. The summed E-state index contributed by atoms with van der Waals surface area (Å²) in [6.45, 7) is 3.86. The maximum atomic E-state index is 11.1. The SMILES string of the molecule is Cc1cc(C)n2ccc(C(N)=O)c2n1. The quantitative estimate of drug-likeness (QED) is 0.728. The predicted octanol–water partition coefficient (Wildman–Crippen LogP) is 1.05. The van der Waals surface area contributed by atoms with Crippen LogP contribution in [0.25, 0.3) is 5.65 Å². The van der Waals surface area contributed by atoms with E-state index in [-0.39, 0.29) is 0 Å². The van der Waals surface area contributed by atoms with E-state index in [1.165, 1.54) is 0 Å². The zero-order valence-corrected chi connectivity index (χ0v) is 8.11. The third-order valence-corrected chi connectivity index (χ3v) is 2.20. The second kappa shape index (κ2) is 2.83. The Morgan fingerprint density at radius 1 is 1.50 bits per heavy atom. The van der Waals surface area contributed by atoms with E-state index in [9.17, 15) is 4.79 Å². The van der Waals surface area contributed by atoms with E-state index in [1.54, 1.807) is 12.3 Å². The molecule has 2 aromatic rings. The van der Waals surface area contributed by atoms with Crippen LogP contribution in [0.1, 0.15) is 21.7 Å². The molecular weight excluding hydrogens is 178 g/mol. The average Bonchev–Trinajstić information content (AvgIpc) is 2.47. The molecule has 0 radical (unpaired) electrons. The molecule has 2 aromatic heterocycles. The number of carbonyl (C=O) groups is 1. The Balaban J connectivity index is 2.85. The van der Waals surface area contributed by atoms with Crippen LogP contribution in [-0.4, -0.2) is 15.3 Å². The summed E-state index contributed by atoms with van der Waals surface area (Å²) < 4.78 is 1.85. The minimum absolute atomic E-state index is 0.440. The summed E-state index contributed by atoms with van der Waals surface area (Å²) in [6.07, 6.45) is 1.80. The van der Waals surface area contributed by atoms with E-state index >= 15 is 0 Å². The number of nitrogens with two attached hydrogens (primary N) is 1. The van der Waals surface area contributed by atoms with Crippen molar-refractivity contribution in [2.45, 2.75) is 13.8 Å². The van der Waals surface area contributed by atoms with Gasteiger partial charge in [-0.15, -0.1) is 0 Å². The standard InChI is InChI=1S/C10H11N3O/c1-6-5-7(2)13-4-3-8(9(11)14)10(13)12-6/h3-5H,1-2H3,(H2,11,14). The second-order valence-electron chi connectivity index (χ2n) is 3.33. The lowest BCUT2D eigenvalue weighted by atomic mass is 10.3. The topological polar surface area (TPSA) is 60.4 Å². The molecule has 0 atom stereocenters. The highest BCUT2D eigenvalue weighted by molar-refractivity contribution is 5.98. The van der Waals surface area contributed by atoms with Crippen LogP contribution in [-0.2, 0) is 0 Å². The molecule has 2 heterocycles. The molecule has 4 nitrogen and oxygen atoms in total. The fourth-order valence-electron chi connectivity index (χ4n) is 1.59. The smallest absolute Gasteiger partial charge is 0.252 e. The monoisotopic (exact) mass is 189 g/mol. The highest BCUT2D eigenvalue weighted by atomic mass is 16.1. The average molecular weight is 189 g/mol. The Labute approximate surface area is 81.4 Å². The van der Waals surface area contributed by atoms with Crippen molar-refractivity contribution in [1.82, 2.24) is 9.38 Å². The van der Waals surface area contributed by atoms with Gasteiger partial charge in [-0.1, -0.05) is 0 Å². The maximum Gasteiger partial charge on any atom is 0.252 e. The molecule has 0 aliphatic carbocycles.